The second kappa shape index (κ2) is 4.41. The third kappa shape index (κ3) is 3.03. The molecule has 17 heavy (non-hydrogen) atoms. The zero-order valence-corrected chi connectivity index (χ0v) is 17.1. The average molecular weight is 307 g/mol. The van der Waals surface area contributed by atoms with Gasteiger partial charge < -0.3 is 8.54 Å². The van der Waals surface area contributed by atoms with Crippen LogP contribution in [0.15, 0.2) is 0 Å². The molecule has 0 aromatic heterocycles. The Bertz CT molecular complexity index is 298. The van der Waals surface area contributed by atoms with Crippen molar-refractivity contribution in [3.8, 4) is 0 Å². The number of hydrogen-bond donors (Lipinski definition) is 0. The van der Waals surface area contributed by atoms with Crippen molar-refractivity contribution < 1.29 is 8.54 Å². The predicted octanol–water partition coefficient (Wildman–Crippen LogP) is 3.90. The van der Waals surface area contributed by atoms with Gasteiger partial charge in [-0.25, -0.2) is 0 Å². The molecule has 0 aliphatic carbocycles. The Labute approximate surface area is 111 Å². The lowest BCUT2D eigenvalue weighted by atomic mass is 10.5. The van der Waals surface area contributed by atoms with E-state index in [2.05, 4.69) is 59.3 Å². The van der Waals surface area contributed by atoms with E-state index in [0.29, 0.717) is 6.10 Å². The highest BCUT2D eigenvalue weighted by Gasteiger charge is 2.63. The SMILES string of the molecule is CC1C[Si](C)(C)[Si](C)(C)[Si](C)(O[Si](C)(C)C)O1. The van der Waals surface area contributed by atoms with Crippen LogP contribution in [0.4, 0.5) is 0 Å². The van der Waals surface area contributed by atoms with Crippen LogP contribution < -0.4 is 0 Å². The molecule has 0 aromatic rings. The molecule has 1 saturated heterocycles. The molecule has 0 amide bonds. The third-order valence-electron chi connectivity index (χ3n) is 4.55. The molecule has 0 radical (unpaired) electrons. The van der Waals surface area contributed by atoms with Gasteiger partial charge in [0.2, 0.25) is 0 Å². The molecule has 2 nitrogen and oxygen atoms in total. The first-order valence-corrected chi connectivity index (χ1v) is 20.6. The Hall–Kier alpha value is 0.788. The number of rotatable bonds is 2. The molecule has 0 spiro atoms. The lowest BCUT2D eigenvalue weighted by Gasteiger charge is -2.55. The summed E-state index contributed by atoms with van der Waals surface area (Å²) in [6.45, 7) is 21.7. The minimum Gasteiger partial charge on any atom is -0.439 e. The fraction of sp³-hybridized carbons (Fsp3) is 1.00. The van der Waals surface area contributed by atoms with Crippen molar-refractivity contribution in [2.24, 2.45) is 0 Å². The Kier molecular flexibility index (Phi) is 4.11. The van der Waals surface area contributed by atoms with Crippen molar-refractivity contribution in [2.45, 2.75) is 71.4 Å². The molecule has 0 N–H and O–H groups in total. The summed E-state index contributed by atoms with van der Waals surface area (Å²) < 4.78 is 13.1. The van der Waals surface area contributed by atoms with Crippen LogP contribution >= 0.6 is 0 Å². The quantitative estimate of drug-likeness (QED) is 0.720. The third-order valence-corrected chi connectivity index (χ3v) is 45.7. The first-order valence-electron chi connectivity index (χ1n) is 6.69. The second-order valence-corrected chi connectivity index (χ2v) is 38.2. The zero-order valence-electron chi connectivity index (χ0n) is 13.1. The van der Waals surface area contributed by atoms with Crippen LogP contribution in [0.3, 0.4) is 0 Å². The van der Waals surface area contributed by atoms with Gasteiger partial charge in [-0.05, 0) is 39.2 Å². The van der Waals surface area contributed by atoms with Crippen LogP contribution in [0.1, 0.15) is 6.92 Å². The molecule has 102 valence electrons. The second-order valence-electron chi connectivity index (χ2n) is 7.80. The first-order chi connectivity index (χ1) is 7.31. The minimum absolute atomic E-state index is 0.421. The smallest absolute Gasteiger partial charge is 0.300 e. The Morgan fingerprint density at radius 1 is 1.06 bits per heavy atom. The van der Waals surface area contributed by atoms with Crippen LogP contribution in [0.5, 0.6) is 0 Å². The molecule has 2 atom stereocenters. The van der Waals surface area contributed by atoms with Crippen molar-refractivity contribution in [1.82, 2.24) is 0 Å². The van der Waals surface area contributed by atoms with Gasteiger partial charge in [0.1, 0.15) is 7.11 Å². The van der Waals surface area contributed by atoms with Gasteiger partial charge in [-0.2, -0.15) is 0 Å². The van der Waals surface area contributed by atoms with E-state index >= 15 is 0 Å². The maximum absolute atomic E-state index is 6.64. The van der Waals surface area contributed by atoms with Gasteiger partial charge in [0.05, 0.1) is 0 Å². The van der Waals surface area contributed by atoms with E-state index < -0.39 is 31.1 Å². The van der Waals surface area contributed by atoms with Crippen molar-refractivity contribution in [3.05, 3.63) is 0 Å². The molecular formula is C11H30O2Si4. The fourth-order valence-electron chi connectivity index (χ4n) is 2.90. The van der Waals surface area contributed by atoms with E-state index in [0.717, 1.165) is 0 Å². The summed E-state index contributed by atoms with van der Waals surface area (Å²) in [6, 6.07) is 1.32. The lowest BCUT2D eigenvalue weighted by molar-refractivity contribution is 0.191. The van der Waals surface area contributed by atoms with Gasteiger partial charge in [0.15, 0.2) is 8.32 Å². The van der Waals surface area contributed by atoms with Crippen molar-refractivity contribution in [1.29, 1.82) is 0 Å². The molecule has 6 heteroatoms. The normalized spacial score (nSPS) is 36.9. The molecule has 1 fully saturated rings. The molecule has 0 aromatic carbocycles. The molecular weight excluding hydrogens is 276 g/mol. The van der Waals surface area contributed by atoms with E-state index in [1.807, 2.05) is 0 Å². The molecule has 1 aliphatic heterocycles. The van der Waals surface area contributed by atoms with Crippen LogP contribution in [0.2, 0.25) is 58.4 Å². The largest absolute Gasteiger partial charge is 0.439 e. The summed E-state index contributed by atoms with van der Waals surface area (Å²) in [5.74, 6) is 0. The van der Waals surface area contributed by atoms with Gasteiger partial charge in [-0.15, -0.1) is 0 Å². The molecule has 1 aliphatic rings. The monoisotopic (exact) mass is 306 g/mol. The highest BCUT2D eigenvalue weighted by Crippen LogP contribution is 2.40. The van der Waals surface area contributed by atoms with E-state index in [9.17, 15) is 0 Å². The minimum atomic E-state index is -1.94. The molecule has 1 rings (SSSR count). The lowest BCUT2D eigenvalue weighted by Crippen LogP contribution is -2.79. The summed E-state index contributed by atoms with van der Waals surface area (Å²) in [7, 11) is -5.94. The van der Waals surface area contributed by atoms with Gasteiger partial charge in [-0.3, -0.25) is 0 Å². The highest BCUT2D eigenvalue weighted by molar-refractivity contribution is 7.67. The van der Waals surface area contributed by atoms with Crippen LogP contribution in [-0.4, -0.2) is 37.2 Å². The van der Waals surface area contributed by atoms with E-state index in [1.165, 1.54) is 6.04 Å². The molecule has 0 saturated carbocycles. The Morgan fingerprint density at radius 3 is 1.94 bits per heavy atom. The summed E-state index contributed by atoms with van der Waals surface area (Å²) in [5, 5.41) is 0. The zero-order chi connectivity index (χ0) is 13.7. The van der Waals surface area contributed by atoms with Gasteiger partial charge in [0, 0.05) is 13.7 Å². The fourth-order valence-corrected chi connectivity index (χ4v) is 39.9. The van der Waals surface area contributed by atoms with Crippen LogP contribution in [0, 0.1) is 0 Å². The van der Waals surface area contributed by atoms with Crippen molar-refractivity contribution in [3.63, 3.8) is 0 Å². The van der Waals surface area contributed by atoms with E-state index in [4.69, 9.17) is 8.54 Å². The first kappa shape index (κ1) is 15.8. The maximum Gasteiger partial charge on any atom is 0.300 e. The Morgan fingerprint density at radius 2 is 1.53 bits per heavy atom. The van der Waals surface area contributed by atoms with Gasteiger partial charge in [-0.1, -0.05) is 26.2 Å². The topological polar surface area (TPSA) is 18.5 Å². The molecule has 1 heterocycles. The standard InChI is InChI=1S/C11H30O2Si4/c1-11-10-15(5,6)16(7,8)17(9,12-11)13-14(2,3)4/h11H,10H2,1-9H3. The average Bonchev–Trinajstić information content (AvgIpc) is 1.94. The van der Waals surface area contributed by atoms with Gasteiger partial charge >= 0.3 is 0 Å². The van der Waals surface area contributed by atoms with Crippen molar-refractivity contribution >= 4 is 31.1 Å². The molecule has 2 unspecified atom stereocenters. The summed E-state index contributed by atoms with van der Waals surface area (Å²) >= 11 is 0. The van der Waals surface area contributed by atoms with E-state index in [-0.39, 0.29) is 0 Å². The highest BCUT2D eigenvalue weighted by atomic mass is 29.7. The van der Waals surface area contributed by atoms with Crippen LogP contribution in [-0.2, 0) is 8.54 Å². The summed E-state index contributed by atoms with van der Waals surface area (Å²) in [4.78, 5) is 0. The predicted molar refractivity (Wildman–Crippen MR) is 86.4 cm³/mol. The Balaban J connectivity index is 3.11. The summed E-state index contributed by atoms with van der Waals surface area (Å²) in [6.07, 6.45) is 0.421. The van der Waals surface area contributed by atoms with Gasteiger partial charge in [0.25, 0.3) is 8.08 Å². The van der Waals surface area contributed by atoms with E-state index in [1.54, 1.807) is 0 Å². The van der Waals surface area contributed by atoms with Crippen LogP contribution in [0.25, 0.3) is 0 Å². The summed E-state index contributed by atoms with van der Waals surface area (Å²) in [5.41, 5.74) is 0. The molecule has 0 bridgehead atoms. The number of hydrogen-bond acceptors (Lipinski definition) is 2. The van der Waals surface area contributed by atoms with Crippen molar-refractivity contribution in [2.75, 3.05) is 0 Å². The maximum atomic E-state index is 6.64.